The van der Waals surface area contributed by atoms with Crippen LogP contribution in [0.5, 0.6) is 11.5 Å². The summed E-state index contributed by atoms with van der Waals surface area (Å²) in [5.74, 6) is 1.43. The molecule has 1 heterocycles. The van der Waals surface area contributed by atoms with Gasteiger partial charge in [0, 0.05) is 30.2 Å². The average molecular weight is 316 g/mol. The van der Waals surface area contributed by atoms with E-state index in [1.165, 1.54) is 12.4 Å². The van der Waals surface area contributed by atoms with Gasteiger partial charge in [0.2, 0.25) is 5.95 Å². The van der Waals surface area contributed by atoms with Crippen molar-refractivity contribution in [1.82, 2.24) is 15.3 Å². The van der Waals surface area contributed by atoms with Gasteiger partial charge in [-0.2, -0.15) is 0 Å². The van der Waals surface area contributed by atoms with Gasteiger partial charge in [0.05, 0.1) is 19.8 Å². The van der Waals surface area contributed by atoms with Crippen molar-refractivity contribution in [1.29, 1.82) is 0 Å². The summed E-state index contributed by atoms with van der Waals surface area (Å²) >= 11 is 0. The van der Waals surface area contributed by atoms with Gasteiger partial charge in [0.25, 0.3) is 5.91 Å². The molecule has 0 atom stereocenters. The van der Waals surface area contributed by atoms with Gasteiger partial charge in [0.1, 0.15) is 0 Å². The van der Waals surface area contributed by atoms with Gasteiger partial charge in [-0.05, 0) is 26.0 Å². The minimum Gasteiger partial charge on any atom is -0.493 e. The number of hydrogen-bond donors (Lipinski definition) is 2. The summed E-state index contributed by atoms with van der Waals surface area (Å²) in [7, 11) is 3.15. The van der Waals surface area contributed by atoms with Gasteiger partial charge < -0.3 is 20.1 Å². The number of rotatable bonds is 6. The van der Waals surface area contributed by atoms with Crippen molar-refractivity contribution in [2.45, 2.75) is 19.9 Å². The van der Waals surface area contributed by atoms with E-state index < -0.39 is 0 Å². The molecule has 0 fully saturated rings. The number of nitrogens with zero attached hydrogens (tertiary/aromatic N) is 2. The standard InChI is InChI=1S/C16H20N4O3/c1-10(2)19-15(21)11-8-17-16(18-9-11)20-12-5-6-13(22-3)14(7-12)23-4/h5-10H,1-4H3,(H,19,21)(H,17,18,20). The molecule has 1 aromatic carbocycles. The monoisotopic (exact) mass is 316 g/mol. The molecule has 1 amide bonds. The Morgan fingerprint density at radius 2 is 1.74 bits per heavy atom. The number of benzene rings is 1. The fraction of sp³-hybridized carbons (Fsp3) is 0.312. The Balaban J connectivity index is 2.10. The first-order valence-electron chi connectivity index (χ1n) is 7.15. The van der Waals surface area contributed by atoms with Gasteiger partial charge in [-0.1, -0.05) is 0 Å². The zero-order chi connectivity index (χ0) is 16.8. The van der Waals surface area contributed by atoms with Gasteiger partial charge in [-0.25, -0.2) is 9.97 Å². The highest BCUT2D eigenvalue weighted by Gasteiger charge is 2.09. The van der Waals surface area contributed by atoms with E-state index in [1.54, 1.807) is 26.4 Å². The summed E-state index contributed by atoms with van der Waals surface area (Å²) in [4.78, 5) is 20.1. The highest BCUT2D eigenvalue weighted by atomic mass is 16.5. The molecule has 2 rings (SSSR count). The number of carbonyl (C=O) groups is 1. The molecule has 2 N–H and O–H groups in total. The zero-order valence-corrected chi connectivity index (χ0v) is 13.6. The summed E-state index contributed by atoms with van der Waals surface area (Å²) in [5.41, 5.74) is 1.17. The summed E-state index contributed by atoms with van der Waals surface area (Å²) in [6.45, 7) is 3.79. The van der Waals surface area contributed by atoms with Crippen LogP contribution in [-0.2, 0) is 0 Å². The molecule has 0 saturated carbocycles. The van der Waals surface area contributed by atoms with Crippen molar-refractivity contribution in [3.8, 4) is 11.5 Å². The van der Waals surface area contributed by atoms with Gasteiger partial charge >= 0.3 is 0 Å². The Labute approximate surface area is 135 Å². The van der Waals surface area contributed by atoms with Gasteiger partial charge in [0.15, 0.2) is 11.5 Å². The van der Waals surface area contributed by atoms with Crippen molar-refractivity contribution in [2.24, 2.45) is 0 Å². The second-order valence-electron chi connectivity index (χ2n) is 5.12. The van der Waals surface area contributed by atoms with Crippen LogP contribution in [0.4, 0.5) is 11.6 Å². The third-order valence-corrected chi connectivity index (χ3v) is 2.97. The average Bonchev–Trinajstić information content (AvgIpc) is 2.54. The summed E-state index contributed by atoms with van der Waals surface area (Å²) in [5, 5.41) is 5.83. The van der Waals surface area contributed by atoms with E-state index in [2.05, 4.69) is 20.6 Å². The second kappa shape index (κ2) is 7.44. The number of nitrogens with one attached hydrogen (secondary N) is 2. The molecule has 122 valence electrons. The SMILES string of the molecule is COc1ccc(Nc2ncc(C(=O)NC(C)C)cn2)cc1OC. The molecule has 2 aromatic rings. The fourth-order valence-corrected chi connectivity index (χ4v) is 1.90. The molecule has 7 heteroatoms. The maximum atomic E-state index is 11.8. The topological polar surface area (TPSA) is 85.4 Å². The van der Waals surface area contributed by atoms with Crippen LogP contribution in [0.2, 0.25) is 0 Å². The van der Waals surface area contributed by atoms with E-state index >= 15 is 0 Å². The van der Waals surface area contributed by atoms with E-state index in [0.29, 0.717) is 23.0 Å². The Morgan fingerprint density at radius 1 is 1.09 bits per heavy atom. The van der Waals surface area contributed by atoms with Crippen LogP contribution in [0.3, 0.4) is 0 Å². The lowest BCUT2D eigenvalue weighted by atomic mass is 10.2. The predicted molar refractivity (Wildman–Crippen MR) is 87.5 cm³/mol. The van der Waals surface area contributed by atoms with Crippen LogP contribution in [-0.4, -0.2) is 36.1 Å². The molecular weight excluding hydrogens is 296 g/mol. The first-order valence-corrected chi connectivity index (χ1v) is 7.15. The molecule has 0 saturated heterocycles. The third-order valence-electron chi connectivity index (χ3n) is 2.97. The largest absolute Gasteiger partial charge is 0.493 e. The molecule has 0 radical (unpaired) electrons. The Hall–Kier alpha value is -2.83. The maximum absolute atomic E-state index is 11.8. The normalized spacial score (nSPS) is 10.3. The van der Waals surface area contributed by atoms with Crippen LogP contribution < -0.4 is 20.1 Å². The van der Waals surface area contributed by atoms with Crippen molar-refractivity contribution >= 4 is 17.5 Å². The van der Waals surface area contributed by atoms with E-state index in [0.717, 1.165) is 5.69 Å². The van der Waals surface area contributed by atoms with Crippen molar-refractivity contribution in [3.63, 3.8) is 0 Å². The molecule has 0 aliphatic carbocycles. The first-order chi connectivity index (χ1) is 11.0. The van der Waals surface area contributed by atoms with Crippen LogP contribution in [0.1, 0.15) is 24.2 Å². The fourth-order valence-electron chi connectivity index (χ4n) is 1.90. The number of carbonyl (C=O) groups excluding carboxylic acids is 1. The van der Waals surface area contributed by atoms with E-state index in [1.807, 2.05) is 19.9 Å². The zero-order valence-electron chi connectivity index (χ0n) is 13.6. The van der Waals surface area contributed by atoms with E-state index in [4.69, 9.17) is 9.47 Å². The Kier molecular flexibility index (Phi) is 5.35. The third kappa shape index (κ3) is 4.32. The molecule has 0 unspecified atom stereocenters. The number of amides is 1. The van der Waals surface area contributed by atoms with Crippen LogP contribution in [0, 0.1) is 0 Å². The van der Waals surface area contributed by atoms with Gasteiger partial charge in [-0.15, -0.1) is 0 Å². The lowest BCUT2D eigenvalue weighted by Gasteiger charge is -2.11. The minimum atomic E-state index is -0.197. The predicted octanol–water partition coefficient (Wildman–Crippen LogP) is 2.38. The van der Waals surface area contributed by atoms with Crippen molar-refractivity contribution in [2.75, 3.05) is 19.5 Å². The smallest absolute Gasteiger partial charge is 0.254 e. The van der Waals surface area contributed by atoms with Crippen molar-refractivity contribution in [3.05, 3.63) is 36.2 Å². The lowest BCUT2D eigenvalue weighted by molar-refractivity contribution is 0.0942. The minimum absolute atomic E-state index is 0.0621. The summed E-state index contributed by atoms with van der Waals surface area (Å²) in [6.07, 6.45) is 2.96. The number of aromatic nitrogens is 2. The number of anilines is 2. The lowest BCUT2D eigenvalue weighted by Crippen LogP contribution is -2.30. The molecular formula is C16H20N4O3. The van der Waals surface area contributed by atoms with E-state index in [-0.39, 0.29) is 11.9 Å². The molecule has 0 spiro atoms. The maximum Gasteiger partial charge on any atom is 0.254 e. The quantitative estimate of drug-likeness (QED) is 0.851. The van der Waals surface area contributed by atoms with Crippen LogP contribution in [0.15, 0.2) is 30.6 Å². The second-order valence-corrected chi connectivity index (χ2v) is 5.12. The van der Waals surface area contributed by atoms with Gasteiger partial charge in [-0.3, -0.25) is 4.79 Å². The van der Waals surface area contributed by atoms with E-state index in [9.17, 15) is 4.79 Å². The molecule has 23 heavy (non-hydrogen) atoms. The molecule has 0 aliphatic heterocycles. The van der Waals surface area contributed by atoms with Crippen LogP contribution >= 0.6 is 0 Å². The number of ether oxygens (including phenoxy) is 2. The molecule has 1 aromatic heterocycles. The number of methoxy groups -OCH3 is 2. The molecule has 7 nitrogen and oxygen atoms in total. The van der Waals surface area contributed by atoms with Crippen molar-refractivity contribution < 1.29 is 14.3 Å². The Morgan fingerprint density at radius 3 is 2.30 bits per heavy atom. The first kappa shape index (κ1) is 16.5. The summed E-state index contributed by atoms with van der Waals surface area (Å²) in [6, 6.07) is 5.45. The summed E-state index contributed by atoms with van der Waals surface area (Å²) < 4.78 is 10.4. The van der Waals surface area contributed by atoms with Crippen LogP contribution in [0.25, 0.3) is 0 Å². The molecule has 0 aliphatic rings. The highest BCUT2D eigenvalue weighted by Crippen LogP contribution is 2.30. The molecule has 0 bridgehead atoms. The number of hydrogen-bond acceptors (Lipinski definition) is 6. The highest BCUT2D eigenvalue weighted by molar-refractivity contribution is 5.93. The Bertz CT molecular complexity index is 672.